The normalized spacial score (nSPS) is 29.0. The van der Waals surface area contributed by atoms with Crippen molar-refractivity contribution in [3.05, 3.63) is 49.6 Å². The van der Waals surface area contributed by atoms with Gasteiger partial charge in [-0.15, -0.1) is 13.2 Å². The molecule has 6 rings (SSSR count). The number of hydrogen-bond acceptors (Lipinski definition) is 6. The first-order valence-corrected chi connectivity index (χ1v) is 16.6. The van der Waals surface area contributed by atoms with E-state index in [-0.39, 0.29) is 5.54 Å². The van der Waals surface area contributed by atoms with Crippen LogP contribution in [0.3, 0.4) is 0 Å². The Kier molecular flexibility index (Phi) is 16.3. The lowest BCUT2D eigenvalue weighted by atomic mass is 9.92. The molecule has 6 saturated heterocycles. The van der Waals surface area contributed by atoms with E-state index in [0.29, 0.717) is 24.2 Å². The quantitative estimate of drug-likeness (QED) is 0.296. The van der Waals surface area contributed by atoms with Crippen LogP contribution in [-0.4, -0.2) is 117 Å². The maximum atomic E-state index is 12.6. The molecule has 43 heavy (non-hydrogen) atoms. The smallest absolute Gasteiger partial charge is 0.114 e. The van der Waals surface area contributed by atoms with Crippen LogP contribution >= 0.6 is 0 Å². The third kappa shape index (κ3) is 10.9. The summed E-state index contributed by atoms with van der Waals surface area (Å²) in [7, 11) is 1.68. The van der Waals surface area contributed by atoms with Crippen LogP contribution in [0, 0.1) is 0 Å². The highest BCUT2D eigenvalue weighted by atomic mass is 19.1. The Bertz CT molecular complexity index is 846. The van der Waals surface area contributed by atoms with Crippen LogP contribution in [0.25, 0.3) is 0 Å². The molecule has 6 aliphatic heterocycles. The lowest BCUT2D eigenvalue weighted by Gasteiger charge is -2.32. The molecule has 3 atom stereocenters. The van der Waals surface area contributed by atoms with Crippen LogP contribution in [0.2, 0.25) is 0 Å². The molecule has 0 spiro atoms. The molecule has 6 fully saturated rings. The van der Waals surface area contributed by atoms with Crippen LogP contribution in [0.15, 0.2) is 49.6 Å². The highest BCUT2D eigenvalue weighted by Gasteiger charge is 2.47. The number of ether oxygens (including phenoxy) is 3. The van der Waals surface area contributed by atoms with Gasteiger partial charge in [-0.1, -0.05) is 36.5 Å². The van der Waals surface area contributed by atoms with Gasteiger partial charge in [0, 0.05) is 58.1 Å². The highest BCUT2D eigenvalue weighted by molar-refractivity contribution is 5.26. The third-order valence-corrected chi connectivity index (χ3v) is 9.40. The van der Waals surface area contributed by atoms with Gasteiger partial charge >= 0.3 is 0 Å². The molecular weight excluding hydrogens is 541 g/mol. The zero-order chi connectivity index (χ0) is 32.0. The van der Waals surface area contributed by atoms with Crippen molar-refractivity contribution < 1.29 is 18.6 Å². The van der Waals surface area contributed by atoms with Crippen molar-refractivity contribution in [3.8, 4) is 0 Å². The molecule has 0 aliphatic carbocycles. The summed E-state index contributed by atoms with van der Waals surface area (Å²) in [5.41, 5.74) is 4.61. The van der Waals surface area contributed by atoms with Crippen molar-refractivity contribution >= 4 is 0 Å². The van der Waals surface area contributed by atoms with Gasteiger partial charge in [-0.3, -0.25) is 14.7 Å². The Hall–Kier alpha value is -1.35. The molecule has 0 amide bonds. The Morgan fingerprint density at radius 3 is 1.98 bits per heavy atom. The molecule has 7 heteroatoms. The zero-order valence-corrected chi connectivity index (χ0v) is 28.4. The van der Waals surface area contributed by atoms with Gasteiger partial charge in [0.1, 0.15) is 6.17 Å². The first-order valence-electron chi connectivity index (χ1n) is 16.6. The van der Waals surface area contributed by atoms with Crippen LogP contribution in [0.1, 0.15) is 79.1 Å². The summed E-state index contributed by atoms with van der Waals surface area (Å²) in [4.78, 5) is 7.33. The van der Waals surface area contributed by atoms with Crippen molar-refractivity contribution in [3.63, 3.8) is 0 Å². The SMILES string of the molecule is C=C.C=C1CN2CC(=C)CC2(COCC)C1.C=C1CN2CCCC2(COC(C)C)C1.CCOC.F[C@@H]1CC2CCCN2C1. The van der Waals surface area contributed by atoms with E-state index >= 15 is 0 Å². The van der Waals surface area contributed by atoms with Gasteiger partial charge in [0.25, 0.3) is 0 Å². The molecule has 0 aromatic rings. The molecule has 0 bridgehead atoms. The molecule has 0 aromatic heterocycles. The van der Waals surface area contributed by atoms with Crippen LogP contribution in [0.5, 0.6) is 0 Å². The molecule has 2 unspecified atom stereocenters. The Morgan fingerprint density at radius 2 is 1.44 bits per heavy atom. The molecule has 6 nitrogen and oxygen atoms in total. The second kappa shape index (κ2) is 18.6. The summed E-state index contributed by atoms with van der Waals surface area (Å²) in [6.07, 6.45) is 9.11. The van der Waals surface area contributed by atoms with Crippen molar-refractivity contribution in [2.45, 2.75) is 108 Å². The van der Waals surface area contributed by atoms with Crippen molar-refractivity contribution in [2.75, 3.05) is 72.8 Å². The summed E-state index contributed by atoms with van der Waals surface area (Å²) in [6.45, 7) is 36.1. The fourth-order valence-corrected chi connectivity index (χ4v) is 7.54. The number of methoxy groups -OCH3 is 1. The predicted molar refractivity (Wildman–Crippen MR) is 180 cm³/mol. The summed E-state index contributed by atoms with van der Waals surface area (Å²) < 4.78 is 28.5. The number of alkyl halides is 1. The predicted octanol–water partition coefficient (Wildman–Crippen LogP) is 6.84. The highest BCUT2D eigenvalue weighted by Crippen LogP contribution is 2.43. The number of hydrogen-bond donors (Lipinski definition) is 0. The van der Waals surface area contributed by atoms with E-state index in [4.69, 9.17) is 9.47 Å². The summed E-state index contributed by atoms with van der Waals surface area (Å²) >= 11 is 0. The zero-order valence-electron chi connectivity index (χ0n) is 28.4. The average molecular weight is 606 g/mol. The van der Waals surface area contributed by atoms with Crippen molar-refractivity contribution in [1.29, 1.82) is 0 Å². The monoisotopic (exact) mass is 605 g/mol. The van der Waals surface area contributed by atoms with Gasteiger partial charge in [0.2, 0.25) is 0 Å². The standard InChI is InChI=1S/C12H21NO.C12H19NO.C7H12FN.C3H8O.C2H4/c1-10(2)14-9-12-5-4-6-13(12)8-11(3)7-12;1-4-14-9-12-5-10(2)7-13(12)8-11(3)6-12;8-6-4-7-2-1-3-9(7)5-6;1-3-4-2;1-2/h10H,3-9H2,1-2H3;2-9H2,1H3;6-7H,1-5H2;3H2,1-2H3;1-2H2/t;;6-,7?;;/m..1../s1. The lowest BCUT2D eigenvalue weighted by molar-refractivity contribution is 0.00329. The van der Waals surface area contributed by atoms with Gasteiger partial charge in [0.05, 0.1) is 24.9 Å². The minimum absolute atomic E-state index is 0.212. The Labute approximate surface area is 264 Å². The number of fused-ring (bicyclic) bond motifs is 3. The van der Waals surface area contributed by atoms with E-state index in [0.717, 1.165) is 78.3 Å². The van der Waals surface area contributed by atoms with Gasteiger partial charge in [-0.2, -0.15) is 0 Å². The molecular formula is C36H64FN3O3. The molecule has 6 heterocycles. The average Bonchev–Trinajstić information content (AvgIpc) is 3.79. The van der Waals surface area contributed by atoms with Crippen LogP contribution < -0.4 is 0 Å². The fourth-order valence-electron chi connectivity index (χ4n) is 7.54. The van der Waals surface area contributed by atoms with E-state index in [1.54, 1.807) is 7.11 Å². The fraction of sp³-hybridized carbons (Fsp3) is 0.778. The molecule has 6 aliphatic rings. The maximum absolute atomic E-state index is 12.6. The lowest BCUT2D eigenvalue weighted by Crippen LogP contribution is -2.43. The van der Waals surface area contributed by atoms with Crippen molar-refractivity contribution in [2.24, 2.45) is 0 Å². The van der Waals surface area contributed by atoms with Crippen LogP contribution in [0.4, 0.5) is 4.39 Å². The molecule has 0 aromatic carbocycles. The van der Waals surface area contributed by atoms with Crippen molar-refractivity contribution in [1.82, 2.24) is 14.7 Å². The van der Waals surface area contributed by atoms with Gasteiger partial charge in [-0.05, 0) is 92.2 Å². The van der Waals surface area contributed by atoms with E-state index in [2.05, 4.69) is 73.1 Å². The summed E-state index contributed by atoms with van der Waals surface area (Å²) in [5, 5.41) is 0. The van der Waals surface area contributed by atoms with E-state index in [1.165, 1.54) is 48.9 Å². The topological polar surface area (TPSA) is 37.4 Å². The first-order chi connectivity index (χ1) is 20.6. The van der Waals surface area contributed by atoms with E-state index in [1.807, 2.05) is 6.92 Å². The summed E-state index contributed by atoms with van der Waals surface area (Å²) in [5.74, 6) is 0. The molecule has 0 saturated carbocycles. The summed E-state index contributed by atoms with van der Waals surface area (Å²) in [6, 6.07) is 0.611. The molecule has 0 radical (unpaired) electrons. The first kappa shape index (κ1) is 37.8. The number of nitrogens with zero attached hydrogens (tertiary/aromatic N) is 3. The molecule has 0 N–H and O–H groups in total. The second-order valence-electron chi connectivity index (χ2n) is 13.3. The Morgan fingerprint density at radius 1 is 0.860 bits per heavy atom. The minimum atomic E-state index is -0.518. The van der Waals surface area contributed by atoms with Gasteiger partial charge < -0.3 is 14.2 Å². The van der Waals surface area contributed by atoms with Crippen LogP contribution in [-0.2, 0) is 14.2 Å². The van der Waals surface area contributed by atoms with Gasteiger partial charge in [-0.25, -0.2) is 4.39 Å². The minimum Gasteiger partial charge on any atom is -0.385 e. The van der Waals surface area contributed by atoms with E-state index in [9.17, 15) is 4.39 Å². The largest absolute Gasteiger partial charge is 0.385 e. The van der Waals surface area contributed by atoms with E-state index < -0.39 is 6.17 Å². The second-order valence-corrected chi connectivity index (χ2v) is 13.3. The Balaban J connectivity index is 0.000000210. The maximum Gasteiger partial charge on any atom is 0.114 e. The third-order valence-electron chi connectivity index (χ3n) is 9.40. The van der Waals surface area contributed by atoms with Gasteiger partial charge in [0.15, 0.2) is 0 Å². The number of halogens is 1. The number of rotatable bonds is 7. The molecule has 248 valence electrons.